The zero-order valence-electron chi connectivity index (χ0n) is 27.2. The van der Waals surface area contributed by atoms with Gasteiger partial charge in [0.05, 0.1) is 5.41 Å². The standard InChI is InChI=1S/C39H41NO6/c1-37(2,3)36(44)46-27(23-40-38(4,5)6)24-45-31-22-21-30(33-32(31)28-19-13-14-20-29(28)34(33)41)39(35(42)43,25-15-9-7-10-16-25)26-17-11-8-12-18-26/h7-22,27,40H,23-24H2,1-6H3,(H,42,43). The fourth-order valence-corrected chi connectivity index (χ4v) is 5.84. The van der Waals surface area contributed by atoms with Crippen LogP contribution in [0.5, 0.6) is 5.75 Å². The van der Waals surface area contributed by atoms with E-state index in [9.17, 15) is 19.5 Å². The van der Waals surface area contributed by atoms with Gasteiger partial charge in [-0.3, -0.25) is 14.4 Å². The number of hydrogen-bond acceptors (Lipinski definition) is 6. The topological polar surface area (TPSA) is 102 Å². The third-order valence-electron chi connectivity index (χ3n) is 8.14. The molecular weight excluding hydrogens is 578 g/mol. The zero-order chi connectivity index (χ0) is 33.3. The molecule has 0 aromatic heterocycles. The third-order valence-corrected chi connectivity index (χ3v) is 8.14. The first-order valence-corrected chi connectivity index (χ1v) is 15.5. The monoisotopic (exact) mass is 619 g/mol. The van der Waals surface area contributed by atoms with Crippen molar-refractivity contribution in [3.63, 3.8) is 0 Å². The maximum Gasteiger partial charge on any atom is 0.323 e. The second kappa shape index (κ2) is 12.6. The molecule has 0 heterocycles. The lowest BCUT2D eigenvalue weighted by molar-refractivity contribution is -0.160. The van der Waals surface area contributed by atoms with Crippen molar-refractivity contribution >= 4 is 17.7 Å². The van der Waals surface area contributed by atoms with Gasteiger partial charge in [0, 0.05) is 28.8 Å². The number of carboxylic acids is 1. The molecule has 238 valence electrons. The summed E-state index contributed by atoms with van der Waals surface area (Å²) in [7, 11) is 0. The molecule has 0 amide bonds. The van der Waals surface area contributed by atoms with E-state index >= 15 is 0 Å². The van der Waals surface area contributed by atoms with Crippen LogP contribution in [0, 0.1) is 5.41 Å². The number of aliphatic carboxylic acids is 1. The highest BCUT2D eigenvalue weighted by molar-refractivity contribution is 6.24. The summed E-state index contributed by atoms with van der Waals surface area (Å²) in [4.78, 5) is 40.8. The number of fused-ring (bicyclic) bond motifs is 3. The average molecular weight is 620 g/mol. The van der Waals surface area contributed by atoms with Crippen molar-refractivity contribution < 1.29 is 29.0 Å². The Morgan fingerprint density at radius 2 is 1.28 bits per heavy atom. The van der Waals surface area contributed by atoms with Crippen LogP contribution in [0.1, 0.15) is 74.2 Å². The summed E-state index contributed by atoms with van der Waals surface area (Å²) in [6.45, 7) is 11.8. The zero-order valence-corrected chi connectivity index (χ0v) is 27.2. The van der Waals surface area contributed by atoms with Crippen LogP contribution in [0.4, 0.5) is 0 Å². The van der Waals surface area contributed by atoms with Gasteiger partial charge in [0.1, 0.15) is 23.9 Å². The van der Waals surface area contributed by atoms with Crippen molar-refractivity contribution in [2.24, 2.45) is 5.41 Å². The van der Waals surface area contributed by atoms with E-state index in [1.165, 1.54) is 0 Å². The Balaban J connectivity index is 1.67. The number of esters is 1. The molecule has 0 radical (unpaired) electrons. The molecule has 0 saturated heterocycles. The summed E-state index contributed by atoms with van der Waals surface area (Å²) < 4.78 is 12.3. The normalized spacial score (nSPS) is 13.5. The van der Waals surface area contributed by atoms with Gasteiger partial charge in [0.15, 0.2) is 5.78 Å². The second-order valence-corrected chi connectivity index (χ2v) is 13.7. The number of hydrogen-bond donors (Lipinski definition) is 2. The van der Waals surface area contributed by atoms with E-state index in [0.29, 0.717) is 45.7 Å². The molecule has 0 bridgehead atoms. The molecule has 7 nitrogen and oxygen atoms in total. The van der Waals surface area contributed by atoms with E-state index < -0.39 is 22.9 Å². The minimum atomic E-state index is -1.69. The van der Waals surface area contributed by atoms with Gasteiger partial charge in [0.2, 0.25) is 0 Å². The van der Waals surface area contributed by atoms with Crippen LogP contribution in [0.2, 0.25) is 0 Å². The first-order chi connectivity index (χ1) is 21.7. The average Bonchev–Trinajstić information content (AvgIpc) is 3.32. The van der Waals surface area contributed by atoms with Crippen LogP contribution in [-0.4, -0.2) is 47.6 Å². The Morgan fingerprint density at radius 3 is 1.80 bits per heavy atom. The Labute approximate surface area is 270 Å². The van der Waals surface area contributed by atoms with Gasteiger partial charge in [-0.05, 0) is 69.9 Å². The first kappa shape index (κ1) is 32.6. The molecule has 46 heavy (non-hydrogen) atoms. The fraction of sp³-hybridized carbons (Fsp3) is 0.308. The molecule has 0 fully saturated rings. The molecule has 4 aromatic carbocycles. The highest BCUT2D eigenvalue weighted by atomic mass is 16.6. The van der Waals surface area contributed by atoms with E-state index in [1.807, 2.05) is 45.0 Å². The molecule has 1 aliphatic rings. The van der Waals surface area contributed by atoms with Crippen LogP contribution < -0.4 is 10.1 Å². The lowest BCUT2D eigenvalue weighted by Crippen LogP contribution is -2.45. The van der Waals surface area contributed by atoms with Crippen LogP contribution in [-0.2, 0) is 19.7 Å². The van der Waals surface area contributed by atoms with Crippen molar-refractivity contribution in [3.8, 4) is 16.9 Å². The predicted molar refractivity (Wildman–Crippen MR) is 178 cm³/mol. The van der Waals surface area contributed by atoms with Crippen LogP contribution in [0.3, 0.4) is 0 Å². The van der Waals surface area contributed by atoms with Gasteiger partial charge in [-0.2, -0.15) is 0 Å². The van der Waals surface area contributed by atoms with Gasteiger partial charge >= 0.3 is 11.9 Å². The number of ketones is 1. The van der Waals surface area contributed by atoms with Crippen LogP contribution in [0.25, 0.3) is 11.1 Å². The second-order valence-electron chi connectivity index (χ2n) is 13.7. The largest absolute Gasteiger partial charge is 0.489 e. The molecular formula is C39H41NO6. The number of carbonyl (C=O) groups is 3. The molecule has 0 aliphatic heterocycles. The summed E-state index contributed by atoms with van der Waals surface area (Å²) >= 11 is 0. The maximum absolute atomic E-state index is 14.3. The summed E-state index contributed by atoms with van der Waals surface area (Å²) in [6, 6.07) is 28.6. The van der Waals surface area contributed by atoms with E-state index in [1.54, 1.807) is 93.6 Å². The van der Waals surface area contributed by atoms with E-state index in [2.05, 4.69) is 5.32 Å². The van der Waals surface area contributed by atoms with Crippen molar-refractivity contribution in [3.05, 3.63) is 125 Å². The molecule has 7 heteroatoms. The number of rotatable bonds is 10. The van der Waals surface area contributed by atoms with Crippen molar-refractivity contribution in [1.29, 1.82) is 0 Å². The van der Waals surface area contributed by atoms with Crippen LogP contribution in [0.15, 0.2) is 97.1 Å². The summed E-state index contributed by atoms with van der Waals surface area (Å²) in [5, 5.41) is 14.5. The van der Waals surface area contributed by atoms with Crippen molar-refractivity contribution in [1.82, 2.24) is 5.32 Å². The summed E-state index contributed by atoms with van der Waals surface area (Å²) in [5.41, 5.74) is 0.724. The minimum Gasteiger partial charge on any atom is -0.489 e. The molecule has 0 spiro atoms. The quantitative estimate of drug-likeness (QED) is 0.128. The SMILES string of the molecule is CC(C)(C)NCC(COc1ccc(C(C(=O)O)(c2ccccc2)c2ccccc2)c2c1-c1ccccc1C2=O)OC(=O)C(C)(C)C. The molecule has 1 unspecified atom stereocenters. The fourth-order valence-electron chi connectivity index (χ4n) is 5.84. The first-order valence-electron chi connectivity index (χ1n) is 15.5. The molecule has 1 atom stereocenters. The Morgan fingerprint density at radius 1 is 0.739 bits per heavy atom. The van der Waals surface area contributed by atoms with Gasteiger partial charge in [-0.15, -0.1) is 0 Å². The smallest absolute Gasteiger partial charge is 0.323 e. The van der Waals surface area contributed by atoms with Crippen molar-refractivity contribution in [2.45, 2.75) is 58.6 Å². The third kappa shape index (κ3) is 6.20. The number of ether oxygens (including phenoxy) is 2. The van der Waals surface area contributed by atoms with E-state index in [0.717, 1.165) is 0 Å². The predicted octanol–water partition coefficient (Wildman–Crippen LogP) is 7.04. The summed E-state index contributed by atoms with van der Waals surface area (Å²) in [6.07, 6.45) is -0.625. The maximum atomic E-state index is 14.3. The Hall–Kier alpha value is -4.75. The van der Waals surface area contributed by atoms with Gasteiger partial charge in [-0.25, -0.2) is 0 Å². The highest BCUT2D eigenvalue weighted by Crippen LogP contribution is 2.50. The van der Waals surface area contributed by atoms with E-state index in [4.69, 9.17) is 9.47 Å². The Kier molecular flexibility index (Phi) is 8.91. The highest BCUT2D eigenvalue weighted by Gasteiger charge is 2.48. The van der Waals surface area contributed by atoms with Gasteiger partial charge in [-0.1, -0.05) is 91.0 Å². The van der Waals surface area contributed by atoms with Crippen molar-refractivity contribution in [2.75, 3.05) is 13.2 Å². The molecule has 1 aliphatic carbocycles. The molecule has 5 rings (SSSR count). The lowest BCUT2D eigenvalue weighted by atomic mass is 9.67. The number of carboxylic acid groups (broad SMARTS) is 1. The van der Waals surface area contributed by atoms with Gasteiger partial charge in [0.25, 0.3) is 0 Å². The lowest BCUT2D eigenvalue weighted by Gasteiger charge is -2.33. The minimum absolute atomic E-state index is 0.0223. The molecule has 4 aromatic rings. The number of nitrogens with one attached hydrogen (secondary N) is 1. The Bertz CT molecular complexity index is 1710. The van der Waals surface area contributed by atoms with Crippen LogP contribution >= 0.6 is 0 Å². The molecule has 2 N–H and O–H groups in total. The van der Waals surface area contributed by atoms with E-state index in [-0.39, 0.29) is 29.5 Å². The summed E-state index contributed by atoms with van der Waals surface area (Å²) in [5.74, 6) is -1.32. The molecule has 0 saturated carbocycles. The van der Waals surface area contributed by atoms with Gasteiger partial charge < -0.3 is 19.9 Å². The number of carbonyl (C=O) groups excluding carboxylic acids is 2. The number of benzene rings is 4.